The lowest BCUT2D eigenvalue weighted by Gasteiger charge is -2.25. The predicted octanol–water partition coefficient (Wildman–Crippen LogP) is 4.24. The fourth-order valence-electron chi connectivity index (χ4n) is 2.86. The summed E-state index contributed by atoms with van der Waals surface area (Å²) in [5.41, 5.74) is 2.26. The van der Waals surface area contributed by atoms with Crippen molar-refractivity contribution in [3.63, 3.8) is 0 Å². The van der Waals surface area contributed by atoms with Crippen LogP contribution in [0.1, 0.15) is 17.2 Å². The Kier molecular flexibility index (Phi) is 4.01. The molecule has 7 heteroatoms. The molecular formula is C18H14BrFN4O. The highest BCUT2D eigenvalue weighted by atomic mass is 79.9. The van der Waals surface area contributed by atoms with Crippen molar-refractivity contribution in [3.05, 3.63) is 76.3 Å². The maximum atomic E-state index is 14.5. The number of halogens is 2. The van der Waals surface area contributed by atoms with E-state index in [1.807, 2.05) is 30.3 Å². The van der Waals surface area contributed by atoms with Gasteiger partial charge in [0.05, 0.1) is 7.11 Å². The van der Waals surface area contributed by atoms with Crippen LogP contribution in [0.4, 0.5) is 10.3 Å². The SMILES string of the molecule is COc1cccc(C2=C[C@H](c3cc(Br)ccc3F)n3ncnc3N2)c1. The van der Waals surface area contributed by atoms with E-state index < -0.39 is 6.04 Å². The number of hydrogen-bond donors (Lipinski definition) is 1. The van der Waals surface area contributed by atoms with Gasteiger partial charge in [0.25, 0.3) is 0 Å². The molecular weight excluding hydrogens is 387 g/mol. The van der Waals surface area contributed by atoms with Crippen molar-refractivity contribution in [2.75, 3.05) is 12.4 Å². The van der Waals surface area contributed by atoms with E-state index in [1.165, 1.54) is 12.4 Å². The van der Waals surface area contributed by atoms with Crippen molar-refractivity contribution < 1.29 is 9.13 Å². The van der Waals surface area contributed by atoms with E-state index in [2.05, 4.69) is 31.3 Å². The van der Waals surface area contributed by atoms with Crippen LogP contribution in [-0.4, -0.2) is 21.9 Å². The van der Waals surface area contributed by atoms with Crippen LogP contribution in [0.2, 0.25) is 0 Å². The molecule has 1 aliphatic rings. The van der Waals surface area contributed by atoms with Crippen molar-refractivity contribution in [1.82, 2.24) is 14.8 Å². The van der Waals surface area contributed by atoms with Crippen LogP contribution < -0.4 is 10.1 Å². The van der Waals surface area contributed by atoms with Gasteiger partial charge in [-0.05, 0) is 36.4 Å². The number of fused-ring (bicyclic) bond motifs is 1. The molecule has 0 fully saturated rings. The Morgan fingerprint density at radius 2 is 2.12 bits per heavy atom. The third-order valence-electron chi connectivity index (χ3n) is 4.06. The molecule has 0 spiro atoms. The highest BCUT2D eigenvalue weighted by Crippen LogP contribution is 2.34. The second-order valence-corrected chi connectivity index (χ2v) is 6.49. The molecule has 0 saturated carbocycles. The monoisotopic (exact) mass is 400 g/mol. The molecule has 3 aromatic rings. The van der Waals surface area contributed by atoms with Gasteiger partial charge in [-0.15, -0.1) is 0 Å². The summed E-state index contributed by atoms with van der Waals surface area (Å²) in [6.45, 7) is 0. The van der Waals surface area contributed by atoms with Crippen LogP contribution in [0.25, 0.3) is 5.70 Å². The van der Waals surface area contributed by atoms with Crippen LogP contribution in [0.15, 0.2) is 59.3 Å². The molecule has 0 saturated heterocycles. The van der Waals surface area contributed by atoms with Crippen molar-refractivity contribution in [1.29, 1.82) is 0 Å². The van der Waals surface area contributed by atoms with Crippen molar-refractivity contribution >= 4 is 27.6 Å². The Balaban J connectivity index is 1.84. The van der Waals surface area contributed by atoms with Gasteiger partial charge in [-0.3, -0.25) is 0 Å². The number of ether oxygens (including phenoxy) is 1. The molecule has 1 atom stereocenters. The van der Waals surface area contributed by atoms with E-state index in [1.54, 1.807) is 23.9 Å². The van der Waals surface area contributed by atoms with Gasteiger partial charge in [-0.2, -0.15) is 10.1 Å². The lowest BCUT2D eigenvalue weighted by atomic mass is 10.0. The van der Waals surface area contributed by atoms with Crippen molar-refractivity contribution in [2.24, 2.45) is 0 Å². The topological polar surface area (TPSA) is 52.0 Å². The smallest absolute Gasteiger partial charge is 0.226 e. The first-order valence-electron chi connectivity index (χ1n) is 7.63. The van der Waals surface area contributed by atoms with Crippen molar-refractivity contribution in [3.8, 4) is 5.75 Å². The van der Waals surface area contributed by atoms with E-state index in [0.717, 1.165) is 21.5 Å². The number of benzene rings is 2. The van der Waals surface area contributed by atoms with E-state index in [9.17, 15) is 4.39 Å². The molecule has 2 aromatic carbocycles. The van der Waals surface area contributed by atoms with Crippen LogP contribution in [0.3, 0.4) is 0 Å². The van der Waals surface area contributed by atoms with Gasteiger partial charge >= 0.3 is 0 Å². The Morgan fingerprint density at radius 3 is 2.96 bits per heavy atom. The number of methoxy groups -OCH3 is 1. The highest BCUT2D eigenvalue weighted by Gasteiger charge is 2.25. The summed E-state index contributed by atoms with van der Waals surface area (Å²) in [7, 11) is 1.62. The molecule has 0 unspecified atom stereocenters. The summed E-state index contributed by atoms with van der Waals surface area (Å²) in [5, 5.41) is 7.48. The van der Waals surface area contributed by atoms with Gasteiger partial charge in [-0.1, -0.05) is 28.1 Å². The van der Waals surface area contributed by atoms with Crippen LogP contribution in [-0.2, 0) is 0 Å². The first kappa shape index (κ1) is 15.8. The molecule has 0 amide bonds. The minimum atomic E-state index is -0.405. The zero-order valence-corrected chi connectivity index (χ0v) is 14.9. The van der Waals surface area contributed by atoms with Gasteiger partial charge in [-0.25, -0.2) is 9.07 Å². The lowest BCUT2D eigenvalue weighted by molar-refractivity contribution is 0.414. The third kappa shape index (κ3) is 2.91. The van der Waals surface area contributed by atoms with Gasteiger partial charge in [0.1, 0.15) is 23.9 Å². The molecule has 1 aliphatic heterocycles. The first-order valence-corrected chi connectivity index (χ1v) is 8.43. The average molecular weight is 401 g/mol. The summed E-state index contributed by atoms with van der Waals surface area (Å²) in [5.74, 6) is 1.01. The van der Waals surface area contributed by atoms with Crippen LogP contribution in [0.5, 0.6) is 5.75 Å². The van der Waals surface area contributed by atoms with E-state index in [-0.39, 0.29) is 5.82 Å². The molecule has 1 aromatic heterocycles. The summed E-state index contributed by atoms with van der Waals surface area (Å²) in [6, 6.07) is 12.1. The minimum absolute atomic E-state index is 0.294. The average Bonchev–Trinajstić information content (AvgIpc) is 3.11. The first-order chi connectivity index (χ1) is 12.2. The Bertz CT molecular complexity index is 969. The molecule has 25 heavy (non-hydrogen) atoms. The Morgan fingerprint density at radius 1 is 1.24 bits per heavy atom. The van der Waals surface area contributed by atoms with E-state index in [0.29, 0.717) is 11.5 Å². The van der Waals surface area contributed by atoms with Crippen LogP contribution in [0, 0.1) is 5.82 Å². The molecule has 4 rings (SSSR count). The van der Waals surface area contributed by atoms with Gasteiger partial charge in [0, 0.05) is 21.3 Å². The van der Waals surface area contributed by atoms with E-state index in [4.69, 9.17) is 4.74 Å². The standard InChI is InChI=1S/C18H14BrFN4O/c1-25-13-4-2-3-11(7-13)16-9-17(24-18(23-16)21-10-22-24)14-8-12(19)5-6-15(14)20/h2-10,17H,1H3,(H,21,22,23)/t17-/m1/s1. The number of nitrogens with zero attached hydrogens (tertiary/aromatic N) is 3. The number of hydrogen-bond acceptors (Lipinski definition) is 4. The quantitative estimate of drug-likeness (QED) is 0.713. The molecule has 5 nitrogen and oxygen atoms in total. The van der Waals surface area contributed by atoms with Gasteiger partial charge < -0.3 is 10.1 Å². The van der Waals surface area contributed by atoms with Crippen molar-refractivity contribution in [2.45, 2.75) is 6.04 Å². The van der Waals surface area contributed by atoms with Crippen LogP contribution >= 0.6 is 15.9 Å². The number of allylic oxidation sites excluding steroid dienone is 1. The number of aromatic nitrogens is 3. The zero-order valence-electron chi connectivity index (χ0n) is 13.3. The molecule has 2 heterocycles. The number of rotatable bonds is 3. The summed E-state index contributed by atoms with van der Waals surface area (Å²) in [6.07, 6.45) is 3.38. The minimum Gasteiger partial charge on any atom is -0.497 e. The Hall–Kier alpha value is -2.67. The van der Waals surface area contributed by atoms with Gasteiger partial charge in [0.2, 0.25) is 5.95 Å². The normalized spacial score (nSPS) is 16.0. The molecule has 126 valence electrons. The van der Waals surface area contributed by atoms with Gasteiger partial charge in [0.15, 0.2) is 0 Å². The maximum Gasteiger partial charge on any atom is 0.226 e. The summed E-state index contributed by atoms with van der Waals surface area (Å²) in [4.78, 5) is 4.24. The second kappa shape index (κ2) is 6.33. The molecule has 0 radical (unpaired) electrons. The second-order valence-electron chi connectivity index (χ2n) is 5.58. The number of nitrogens with one attached hydrogen (secondary N) is 1. The largest absolute Gasteiger partial charge is 0.497 e. The summed E-state index contributed by atoms with van der Waals surface area (Å²) >= 11 is 3.41. The molecule has 1 N–H and O–H groups in total. The molecule has 0 bridgehead atoms. The predicted molar refractivity (Wildman–Crippen MR) is 96.9 cm³/mol. The molecule has 0 aliphatic carbocycles. The highest BCUT2D eigenvalue weighted by molar-refractivity contribution is 9.10. The maximum absolute atomic E-state index is 14.5. The summed E-state index contributed by atoms with van der Waals surface area (Å²) < 4.78 is 22.2. The van der Waals surface area contributed by atoms with E-state index >= 15 is 0 Å². The Labute approximate surface area is 152 Å². The third-order valence-corrected chi connectivity index (χ3v) is 4.56. The fraction of sp³-hybridized carbons (Fsp3) is 0.111. The zero-order chi connectivity index (χ0) is 17.4. The fourth-order valence-corrected chi connectivity index (χ4v) is 3.23. The lowest BCUT2D eigenvalue weighted by Crippen LogP contribution is -2.21. The number of anilines is 1.